The molecule has 0 saturated carbocycles. The molecular formula is C10H9ClN2S2. The predicted molar refractivity (Wildman–Crippen MR) is 65.7 cm³/mol. The Labute approximate surface area is 102 Å². The predicted octanol–water partition coefficient (Wildman–Crippen LogP) is 3.79. The zero-order valence-electron chi connectivity index (χ0n) is 8.11. The lowest BCUT2D eigenvalue weighted by Crippen LogP contribution is -1.82. The number of thioether (sulfide) groups is 1. The van der Waals surface area contributed by atoms with Crippen LogP contribution in [0.1, 0.15) is 11.3 Å². The zero-order valence-corrected chi connectivity index (χ0v) is 10.5. The molecule has 2 rings (SSSR count). The van der Waals surface area contributed by atoms with Crippen molar-refractivity contribution in [3.63, 3.8) is 0 Å². The third-order valence-corrected chi connectivity index (χ3v) is 3.86. The molecule has 0 saturated heterocycles. The Kier molecular flexibility index (Phi) is 3.61. The van der Waals surface area contributed by atoms with E-state index in [9.17, 15) is 0 Å². The van der Waals surface area contributed by atoms with Gasteiger partial charge in [-0.25, -0.2) is 0 Å². The van der Waals surface area contributed by atoms with Crippen molar-refractivity contribution in [2.24, 2.45) is 0 Å². The van der Waals surface area contributed by atoms with E-state index in [-0.39, 0.29) is 0 Å². The molecule has 78 valence electrons. The summed E-state index contributed by atoms with van der Waals surface area (Å²) in [6, 6.07) is 8.38. The highest BCUT2D eigenvalue weighted by Gasteiger charge is 2.05. The molecule has 1 heterocycles. The maximum Gasteiger partial charge on any atom is 0.138 e. The molecule has 0 spiro atoms. The van der Waals surface area contributed by atoms with Gasteiger partial charge in [0.05, 0.1) is 0 Å². The molecular weight excluding hydrogens is 248 g/mol. The summed E-state index contributed by atoms with van der Waals surface area (Å²) >= 11 is 8.88. The Morgan fingerprint density at radius 2 is 2.33 bits per heavy atom. The summed E-state index contributed by atoms with van der Waals surface area (Å²) in [6.07, 6.45) is 0. The maximum absolute atomic E-state index is 5.92. The van der Waals surface area contributed by atoms with Crippen LogP contribution in [-0.4, -0.2) is 9.59 Å². The van der Waals surface area contributed by atoms with E-state index in [0.717, 1.165) is 11.4 Å². The quantitative estimate of drug-likeness (QED) is 0.782. The lowest BCUT2D eigenvalue weighted by Gasteiger charge is -2.00. The summed E-state index contributed by atoms with van der Waals surface area (Å²) in [5, 5.41) is 3.97. The van der Waals surface area contributed by atoms with Crippen molar-refractivity contribution in [1.82, 2.24) is 9.59 Å². The summed E-state index contributed by atoms with van der Waals surface area (Å²) in [7, 11) is 0. The summed E-state index contributed by atoms with van der Waals surface area (Å²) in [6.45, 7) is 2.08. The lowest BCUT2D eigenvalue weighted by molar-refractivity contribution is 1.07. The fourth-order valence-electron chi connectivity index (χ4n) is 1.14. The number of benzene rings is 1. The van der Waals surface area contributed by atoms with Crippen molar-refractivity contribution in [3.05, 3.63) is 39.9 Å². The van der Waals surface area contributed by atoms with Crippen LogP contribution in [0.3, 0.4) is 0 Å². The summed E-state index contributed by atoms with van der Waals surface area (Å²) < 4.78 is 4.49. The van der Waals surface area contributed by atoms with Crippen LogP contribution in [0, 0.1) is 6.92 Å². The van der Waals surface area contributed by atoms with Gasteiger partial charge in [0.25, 0.3) is 0 Å². The van der Waals surface area contributed by atoms with E-state index < -0.39 is 0 Å². The van der Waals surface area contributed by atoms with Crippen LogP contribution in [-0.2, 0) is 5.75 Å². The molecule has 5 heteroatoms. The number of aromatic nitrogens is 2. The fourth-order valence-corrected chi connectivity index (χ4v) is 2.89. The van der Waals surface area contributed by atoms with Crippen LogP contribution >= 0.6 is 34.9 Å². The van der Waals surface area contributed by atoms with E-state index in [2.05, 4.69) is 40.8 Å². The SMILES string of the molecule is Cc1cccc(SCc2nnsc2Cl)c1. The van der Waals surface area contributed by atoms with E-state index in [0.29, 0.717) is 4.34 Å². The van der Waals surface area contributed by atoms with Crippen molar-refractivity contribution >= 4 is 34.9 Å². The third kappa shape index (κ3) is 2.93. The lowest BCUT2D eigenvalue weighted by atomic mass is 10.2. The summed E-state index contributed by atoms with van der Waals surface area (Å²) in [4.78, 5) is 1.24. The van der Waals surface area contributed by atoms with Crippen molar-refractivity contribution in [2.75, 3.05) is 0 Å². The first-order valence-corrected chi connectivity index (χ1v) is 6.55. The van der Waals surface area contributed by atoms with Crippen molar-refractivity contribution in [3.8, 4) is 0 Å². The first-order valence-electron chi connectivity index (χ1n) is 4.42. The maximum atomic E-state index is 5.92. The van der Waals surface area contributed by atoms with Gasteiger partial charge < -0.3 is 0 Å². The van der Waals surface area contributed by atoms with Crippen molar-refractivity contribution in [1.29, 1.82) is 0 Å². The van der Waals surface area contributed by atoms with Crippen LogP contribution < -0.4 is 0 Å². The van der Waals surface area contributed by atoms with Gasteiger partial charge in [0.15, 0.2) is 0 Å². The Morgan fingerprint density at radius 1 is 1.47 bits per heavy atom. The molecule has 0 aliphatic carbocycles. The Bertz CT molecular complexity index is 456. The van der Waals surface area contributed by atoms with Crippen LogP contribution in [0.15, 0.2) is 29.2 Å². The number of aryl methyl sites for hydroxylation is 1. The van der Waals surface area contributed by atoms with Gasteiger partial charge in [-0.15, -0.1) is 16.9 Å². The van der Waals surface area contributed by atoms with Gasteiger partial charge in [-0.1, -0.05) is 33.8 Å². The molecule has 2 aromatic rings. The molecule has 15 heavy (non-hydrogen) atoms. The number of rotatable bonds is 3. The van der Waals surface area contributed by atoms with Crippen LogP contribution in [0.25, 0.3) is 0 Å². The first kappa shape index (κ1) is 10.9. The highest BCUT2D eigenvalue weighted by Crippen LogP contribution is 2.27. The Hall–Kier alpha value is -0.580. The van der Waals surface area contributed by atoms with Crippen LogP contribution in [0.5, 0.6) is 0 Å². The molecule has 0 unspecified atom stereocenters. The van der Waals surface area contributed by atoms with Gasteiger partial charge in [0.1, 0.15) is 10.0 Å². The van der Waals surface area contributed by atoms with Gasteiger partial charge in [-0.05, 0) is 19.1 Å². The number of halogens is 1. The highest BCUT2D eigenvalue weighted by atomic mass is 35.5. The minimum absolute atomic E-state index is 0.690. The van der Waals surface area contributed by atoms with E-state index in [1.165, 1.54) is 22.0 Å². The molecule has 1 aromatic carbocycles. The first-order chi connectivity index (χ1) is 7.25. The average molecular weight is 257 g/mol. The minimum atomic E-state index is 0.690. The monoisotopic (exact) mass is 256 g/mol. The van der Waals surface area contributed by atoms with Gasteiger partial charge in [0, 0.05) is 22.2 Å². The molecule has 0 fully saturated rings. The normalized spacial score (nSPS) is 10.5. The largest absolute Gasteiger partial charge is 0.141 e. The molecule has 0 aliphatic rings. The molecule has 1 aromatic heterocycles. The van der Waals surface area contributed by atoms with Gasteiger partial charge in [-0.2, -0.15) is 0 Å². The second-order valence-electron chi connectivity index (χ2n) is 3.10. The summed E-state index contributed by atoms with van der Waals surface area (Å²) in [5.41, 5.74) is 2.13. The minimum Gasteiger partial charge on any atom is -0.141 e. The highest BCUT2D eigenvalue weighted by molar-refractivity contribution is 7.98. The average Bonchev–Trinajstić information content (AvgIpc) is 2.61. The van der Waals surface area contributed by atoms with Gasteiger partial charge >= 0.3 is 0 Å². The Balaban J connectivity index is 2.02. The molecule has 0 N–H and O–H groups in total. The second kappa shape index (κ2) is 4.96. The van der Waals surface area contributed by atoms with Crippen LogP contribution in [0.2, 0.25) is 4.34 Å². The fraction of sp³-hybridized carbons (Fsp3) is 0.200. The third-order valence-electron chi connectivity index (χ3n) is 1.87. The van der Waals surface area contributed by atoms with E-state index in [4.69, 9.17) is 11.6 Å². The van der Waals surface area contributed by atoms with E-state index in [1.54, 1.807) is 11.8 Å². The second-order valence-corrected chi connectivity index (χ2v) is 5.50. The molecule has 0 amide bonds. The molecule has 0 radical (unpaired) electrons. The van der Waals surface area contributed by atoms with E-state index >= 15 is 0 Å². The van der Waals surface area contributed by atoms with Crippen LogP contribution in [0.4, 0.5) is 0 Å². The Morgan fingerprint density at radius 3 is 3.00 bits per heavy atom. The topological polar surface area (TPSA) is 25.8 Å². The van der Waals surface area contributed by atoms with Crippen molar-refractivity contribution < 1.29 is 0 Å². The number of nitrogens with zero attached hydrogens (tertiary/aromatic N) is 2. The molecule has 0 aliphatic heterocycles. The molecule has 0 bridgehead atoms. The smallest absolute Gasteiger partial charge is 0.138 e. The number of hydrogen-bond donors (Lipinski definition) is 0. The van der Waals surface area contributed by atoms with Gasteiger partial charge in [-0.3, -0.25) is 0 Å². The number of hydrogen-bond acceptors (Lipinski definition) is 4. The van der Waals surface area contributed by atoms with E-state index in [1.807, 2.05) is 0 Å². The summed E-state index contributed by atoms with van der Waals surface area (Å²) in [5.74, 6) is 0.777. The van der Waals surface area contributed by atoms with Crippen molar-refractivity contribution in [2.45, 2.75) is 17.6 Å². The molecule has 2 nitrogen and oxygen atoms in total. The standard InChI is InChI=1S/C10H9ClN2S2/c1-7-3-2-4-8(5-7)14-6-9-10(11)15-13-12-9/h2-5H,6H2,1H3. The van der Waals surface area contributed by atoms with Gasteiger partial charge in [0.2, 0.25) is 0 Å². The zero-order chi connectivity index (χ0) is 10.7. The molecule has 0 atom stereocenters.